The summed E-state index contributed by atoms with van der Waals surface area (Å²) in [6.07, 6.45) is 2.00. The van der Waals surface area contributed by atoms with Gasteiger partial charge in [-0.2, -0.15) is 11.3 Å². The number of nitrogens with zero attached hydrogens (tertiary/aromatic N) is 4. The molecule has 1 radical (unpaired) electrons. The Balaban J connectivity index is 0.000000197. The van der Waals surface area contributed by atoms with Crippen LogP contribution >= 0.6 is 11.3 Å². The molecule has 4 nitrogen and oxygen atoms in total. The zero-order valence-corrected chi connectivity index (χ0v) is 37.1. The van der Waals surface area contributed by atoms with Crippen LogP contribution in [0.1, 0.15) is 32.4 Å². The average molecular weight is 973 g/mol. The Morgan fingerprint density at radius 1 is 0.764 bits per heavy atom. The Hall–Kier alpha value is -4.72. The Morgan fingerprint density at radius 3 is 2.27 bits per heavy atom. The number of rotatable bonds is 6. The molecule has 9 rings (SSSR count). The molecule has 0 aliphatic heterocycles. The molecule has 0 spiro atoms. The van der Waals surface area contributed by atoms with Gasteiger partial charge < -0.3 is 4.57 Å². The van der Waals surface area contributed by atoms with Crippen LogP contribution in [0, 0.1) is 19.1 Å². The number of hydrogen-bond acceptors (Lipinski definition) is 4. The quantitative estimate of drug-likeness (QED) is 0.123. The van der Waals surface area contributed by atoms with E-state index in [9.17, 15) is 0 Å². The fraction of sp³-hybridized carbons (Fsp3) is 0.146. The molecule has 275 valence electrons. The second kappa shape index (κ2) is 16.2. The number of para-hydroxylation sites is 3. The zero-order valence-electron chi connectivity index (χ0n) is 32.8. The Labute approximate surface area is 345 Å². The normalized spacial score (nSPS) is 11.9. The fourth-order valence-electron chi connectivity index (χ4n) is 7.02. The van der Waals surface area contributed by atoms with Crippen molar-refractivity contribution >= 4 is 60.3 Å². The van der Waals surface area contributed by atoms with Gasteiger partial charge in [-0.3, -0.25) is 4.98 Å². The summed E-state index contributed by atoms with van der Waals surface area (Å²) in [5.41, 5.74) is 10.5. The van der Waals surface area contributed by atoms with Gasteiger partial charge in [0.1, 0.15) is 4.83 Å². The molecule has 0 unspecified atom stereocenters. The van der Waals surface area contributed by atoms with E-state index in [1.165, 1.54) is 26.3 Å². The maximum Gasteiger partial charge on any atom is 0 e. The van der Waals surface area contributed by atoms with E-state index >= 15 is 0 Å². The van der Waals surface area contributed by atoms with E-state index in [-0.39, 0.29) is 20.1 Å². The first-order valence-corrected chi connectivity index (χ1v) is 26.4. The predicted molar refractivity (Wildman–Crippen MR) is 232 cm³/mol. The van der Waals surface area contributed by atoms with Crippen LogP contribution in [0.5, 0.6) is 0 Å². The van der Waals surface area contributed by atoms with Crippen molar-refractivity contribution in [2.75, 3.05) is 0 Å². The van der Waals surface area contributed by atoms with Crippen LogP contribution < -0.4 is 4.40 Å². The van der Waals surface area contributed by atoms with Crippen LogP contribution in [0.15, 0.2) is 140 Å². The molecule has 0 atom stereocenters. The molecular formula is C48H42GeIrN4S-2. The van der Waals surface area contributed by atoms with Gasteiger partial charge in [0, 0.05) is 37.1 Å². The summed E-state index contributed by atoms with van der Waals surface area (Å²) in [6, 6.07) is 52.5. The maximum absolute atomic E-state index is 8.44. The van der Waals surface area contributed by atoms with Crippen molar-refractivity contribution in [3.8, 4) is 39.5 Å². The van der Waals surface area contributed by atoms with Crippen LogP contribution in [0.3, 0.4) is 0 Å². The summed E-state index contributed by atoms with van der Waals surface area (Å²) in [7, 11) is 0. The van der Waals surface area contributed by atoms with Crippen molar-refractivity contribution in [2.45, 2.75) is 43.9 Å². The Bertz CT molecular complexity index is 2800. The van der Waals surface area contributed by atoms with Crippen molar-refractivity contribution < 1.29 is 21.5 Å². The summed E-state index contributed by atoms with van der Waals surface area (Å²) in [5.74, 6) is 7.34. The van der Waals surface area contributed by atoms with Gasteiger partial charge in [-0.1, -0.05) is 77.7 Å². The third kappa shape index (κ3) is 7.74. The first-order valence-electron chi connectivity index (χ1n) is 18.8. The van der Waals surface area contributed by atoms with E-state index in [1.807, 2.05) is 63.4 Å². The molecule has 55 heavy (non-hydrogen) atoms. The van der Waals surface area contributed by atoms with E-state index in [0.717, 1.165) is 60.2 Å². The van der Waals surface area contributed by atoms with Gasteiger partial charge >= 0.3 is 120 Å². The van der Waals surface area contributed by atoms with Gasteiger partial charge in [0.05, 0.1) is 16.9 Å². The molecule has 9 aromatic rings. The maximum atomic E-state index is 8.44. The van der Waals surface area contributed by atoms with E-state index in [1.54, 1.807) is 11.3 Å². The molecule has 0 N–H and O–H groups in total. The van der Waals surface area contributed by atoms with E-state index < -0.39 is 19.2 Å². The van der Waals surface area contributed by atoms with Crippen LogP contribution in [0.25, 0.3) is 70.8 Å². The summed E-state index contributed by atoms with van der Waals surface area (Å²) in [4.78, 5) is 15.6. The van der Waals surface area contributed by atoms with Gasteiger partial charge in [0.2, 0.25) is 0 Å². The van der Waals surface area contributed by atoms with Gasteiger partial charge in [0.15, 0.2) is 0 Å². The first kappa shape index (κ1) is 37.2. The molecule has 4 aromatic heterocycles. The number of fused-ring (bicyclic) bond motifs is 4. The Kier molecular flexibility index (Phi) is 10.9. The fourth-order valence-corrected chi connectivity index (χ4v) is 11.5. The van der Waals surface area contributed by atoms with Crippen molar-refractivity contribution in [2.24, 2.45) is 0 Å². The van der Waals surface area contributed by atoms with Crippen LogP contribution in [-0.2, 0) is 20.1 Å². The van der Waals surface area contributed by atoms with Crippen LogP contribution in [-0.4, -0.2) is 32.8 Å². The molecule has 7 heteroatoms. The van der Waals surface area contributed by atoms with Crippen molar-refractivity contribution in [1.82, 2.24) is 19.5 Å². The zero-order chi connectivity index (χ0) is 38.3. The minimum Gasteiger partial charge on any atom is 0 e. The van der Waals surface area contributed by atoms with E-state index in [4.69, 9.17) is 11.3 Å². The second-order valence-corrected chi connectivity index (χ2v) is 26.4. The number of pyridine rings is 2. The van der Waals surface area contributed by atoms with Gasteiger partial charge in [-0.25, -0.2) is 4.98 Å². The van der Waals surface area contributed by atoms with Gasteiger partial charge in [-0.15, -0.1) is 18.2 Å². The van der Waals surface area contributed by atoms with Crippen LogP contribution in [0.4, 0.5) is 0 Å². The molecular weight excluding hydrogens is 929 g/mol. The third-order valence-electron chi connectivity index (χ3n) is 9.69. The van der Waals surface area contributed by atoms with Crippen LogP contribution in [0.2, 0.25) is 17.3 Å². The average Bonchev–Trinajstić information content (AvgIpc) is 3.76. The third-order valence-corrected chi connectivity index (χ3v) is 15.0. The standard InChI is InChI=1S/C31H20N3S.C17H22GeN.Ir/c1-20-18-19-24-23-13-9-14-25(29(23)35-31(24)32-20)30-33-26-15-6-8-17-28(26)34(30)27-16-7-5-12-22(27)21-10-3-2-4-11-21;1-13(2)15-11-17(14-9-7-6-8-10-14)19-12-16(15)18(3,4)5;/h2-13,15-19H,1H3;6-9,11-13H,1-5H3;/q2*-1;/i;13D;. The number of benzene rings is 5. The van der Waals surface area contributed by atoms with Gasteiger partial charge in [-0.05, 0) is 46.8 Å². The van der Waals surface area contributed by atoms with E-state index in [2.05, 4.69) is 136 Å². The molecule has 5 aromatic carbocycles. The largest absolute Gasteiger partial charge is 0 e. The van der Waals surface area contributed by atoms with Gasteiger partial charge in [0.25, 0.3) is 0 Å². The molecule has 0 saturated heterocycles. The second-order valence-electron chi connectivity index (χ2n) is 14.8. The molecule has 0 bridgehead atoms. The molecule has 0 aliphatic rings. The number of imidazole rings is 1. The smallest absolute Gasteiger partial charge is 0 e. The Morgan fingerprint density at radius 2 is 1.51 bits per heavy atom. The molecule has 4 heterocycles. The number of aromatic nitrogens is 4. The van der Waals surface area contributed by atoms with Crippen molar-refractivity contribution in [3.05, 3.63) is 163 Å². The SMILES string of the molecule is Cc1ccc2c(n1)sc1c(-c3nc4ccccc4n3-c3ccccc3-c3ccccc3)[c-]ccc12.[2H]C(C)(C)c1cc(-c2[c-]cccc2)nc[c]1[Ge]([CH3])([CH3])[CH3].[Ir]. The number of hydrogen-bond donors (Lipinski definition) is 0. The summed E-state index contributed by atoms with van der Waals surface area (Å²) in [6.45, 7) is 5.95. The van der Waals surface area contributed by atoms with Crippen molar-refractivity contribution in [1.29, 1.82) is 0 Å². The predicted octanol–water partition coefficient (Wildman–Crippen LogP) is 12.4. The van der Waals surface area contributed by atoms with E-state index in [0.29, 0.717) is 0 Å². The summed E-state index contributed by atoms with van der Waals surface area (Å²) >= 11 is -0.310. The minimum absolute atomic E-state index is 0. The number of thiophene rings is 1. The van der Waals surface area contributed by atoms with Crippen molar-refractivity contribution in [3.63, 3.8) is 0 Å². The monoisotopic (exact) mass is 974 g/mol. The summed E-state index contributed by atoms with van der Waals surface area (Å²) < 4.78 is 13.2. The molecule has 0 fully saturated rings. The first-order chi connectivity index (χ1) is 26.5. The topological polar surface area (TPSA) is 43.6 Å². The molecule has 0 saturated carbocycles. The number of aryl methyl sites for hydroxylation is 1. The molecule has 0 amide bonds. The minimum atomic E-state index is -2.03. The summed E-state index contributed by atoms with van der Waals surface area (Å²) in [5, 5.41) is 2.37. The molecule has 0 aliphatic carbocycles.